The third kappa shape index (κ3) is 3.98. The second-order valence-corrected chi connectivity index (χ2v) is 4.74. The van der Waals surface area contributed by atoms with Crippen LogP contribution in [0.15, 0.2) is 24.4 Å². The van der Waals surface area contributed by atoms with Crippen LogP contribution in [0, 0.1) is 13.8 Å². The summed E-state index contributed by atoms with van der Waals surface area (Å²) in [6.45, 7) is 4.36. The fraction of sp³-hybridized carbons (Fsp3) is 0.333. The Labute approximate surface area is 124 Å². The molecule has 0 radical (unpaired) electrons. The molecule has 0 aromatic carbocycles. The van der Waals surface area contributed by atoms with Gasteiger partial charge in [0, 0.05) is 37.6 Å². The maximum Gasteiger partial charge on any atom is 0.270 e. The van der Waals surface area contributed by atoms with E-state index in [0.29, 0.717) is 24.6 Å². The highest BCUT2D eigenvalue weighted by Crippen LogP contribution is 2.05. The van der Waals surface area contributed by atoms with Crippen molar-refractivity contribution in [3.05, 3.63) is 47.0 Å². The number of hydrogen-bond donors (Lipinski definition) is 2. The minimum absolute atomic E-state index is 0.203. The van der Waals surface area contributed by atoms with Gasteiger partial charge >= 0.3 is 0 Å². The lowest BCUT2D eigenvalue weighted by Crippen LogP contribution is -2.27. The molecule has 6 heteroatoms. The van der Waals surface area contributed by atoms with E-state index in [2.05, 4.69) is 25.6 Å². The van der Waals surface area contributed by atoms with Crippen LogP contribution in [-0.2, 0) is 6.42 Å². The van der Waals surface area contributed by atoms with Crippen molar-refractivity contribution in [1.29, 1.82) is 0 Å². The number of aryl methyl sites for hydroxylation is 2. The lowest BCUT2D eigenvalue weighted by Gasteiger charge is -2.08. The summed E-state index contributed by atoms with van der Waals surface area (Å²) < 4.78 is 0. The Bertz CT molecular complexity index is 642. The van der Waals surface area contributed by atoms with Crippen molar-refractivity contribution in [1.82, 2.24) is 20.3 Å². The smallest absolute Gasteiger partial charge is 0.270 e. The zero-order chi connectivity index (χ0) is 15.2. The van der Waals surface area contributed by atoms with Crippen LogP contribution in [0.3, 0.4) is 0 Å². The molecule has 0 aliphatic heterocycles. The molecule has 0 atom stereocenters. The number of hydrogen-bond acceptors (Lipinski definition) is 5. The van der Waals surface area contributed by atoms with Gasteiger partial charge in [-0.05, 0) is 31.5 Å². The van der Waals surface area contributed by atoms with Crippen molar-refractivity contribution in [3.63, 3.8) is 0 Å². The van der Waals surface area contributed by atoms with Crippen LogP contribution in [0.25, 0.3) is 0 Å². The van der Waals surface area contributed by atoms with Crippen LogP contribution < -0.4 is 10.6 Å². The van der Waals surface area contributed by atoms with Gasteiger partial charge in [-0.1, -0.05) is 6.07 Å². The highest BCUT2D eigenvalue weighted by molar-refractivity contribution is 5.92. The molecule has 2 heterocycles. The van der Waals surface area contributed by atoms with E-state index in [9.17, 15) is 4.79 Å². The first-order valence-electron chi connectivity index (χ1n) is 6.82. The van der Waals surface area contributed by atoms with E-state index in [1.807, 2.05) is 26.0 Å². The molecule has 1 amide bonds. The lowest BCUT2D eigenvalue weighted by molar-refractivity contribution is 0.0949. The number of carbonyl (C=O) groups is 1. The molecule has 0 spiro atoms. The Balaban J connectivity index is 1.96. The SMILES string of the molecule is CNc1nc(C)cc(C(=O)NCCc2ncccc2C)n1. The molecule has 0 unspecified atom stereocenters. The molecule has 110 valence electrons. The largest absolute Gasteiger partial charge is 0.357 e. The molecule has 2 N–H and O–H groups in total. The van der Waals surface area contributed by atoms with Gasteiger partial charge in [0.1, 0.15) is 5.69 Å². The topological polar surface area (TPSA) is 79.8 Å². The first kappa shape index (κ1) is 14.9. The van der Waals surface area contributed by atoms with Gasteiger partial charge in [-0.2, -0.15) is 0 Å². The van der Waals surface area contributed by atoms with Crippen molar-refractivity contribution >= 4 is 11.9 Å². The Kier molecular flexibility index (Phi) is 4.81. The summed E-state index contributed by atoms with van der Waals surface area (Å²) in [5.41, 5.74) is 3.24. The highest BCUT2D eigenvalue weighted by atomic mass is 16.1. The van der Waals surface area contributed by atoms with E-state index in [4.69, 9.17) is 0 Å². The van der Waals surface area contributed by atoms with E-state index in [0.717, 1.165) is 17.0 Å². The Morgan fingerprint density at radius 2 is 2.10 bits per heavy atom. The fourth-order valence-corrected chi connectivity index (χ4v) is 1.96. The minimum Gasteiger partial charge on any atom is -0.357 e. The van der Waals surface area contributed by atoms with E-state index in [-0.39, 0.29) is 5.91 Å². The van der Waals surface area contributed by atoms with Crippen LogP contribution >= 0.6 is 0 Å². The van der Waals surface area contributed by atoms with E-state index < -0.39 is 0 Å². The van der Waals surface area contributed by atoms with Gasteiger partial charge in [0.05, 0.1) is 0 Å². The van der Waals surface area contributed by atoms with Crippen molar-refractivity contribution in [2.45, 2.75) is 20.3 Å². The molecular weight excluding hydrogens is 266 g/mol. The summed E-state index contributed by atoms with van der Waals surface area (Å²) in [5, 5.41) is 5.70. The van der Waals surface area contributed by atoms with Crippen molar-refractivity contribution in [2.75, 3.05) is 18.9 Å². The molecule has 21 heavy (non-hydrogen) atoms. The van der Waals surface area contributed by atoms with E-state index in [1.165, 1.54) is 0 Å². The monoisotopic (exact) mass is 285 g/mol. The van der Waals surface area contributed by atoms with Crippen LogP contribution in [-0.4, -0.2) is 34.5 Å². The number of pyridine rings is 1. The summed E-state index contributed by atoms with van der Waals surface area (Å²) in [6, 6.07) is 5.58. The lowest BCUT2D eigenvalue weighted by atomic mass is 10.1. The predicted molar refractivity (Wildman–Crippen MR) is 81.3 cm³/mol. The Hall–Kier alpha value is -2.50. The maximum absolute atomic E-state index is 12.1. The van der Waals surface area contributed by atoms with Crippen molar-refractivity contribution < 1.29 is 4.79 Å². The molecular formula is C15H19N5O. The molecule has 0 aliphatic carbocycles. The van der Waals surface area contributed by atoms with Gasteiger partial charge in [0.15, 0.2) is 0 Å². The van der Waals surface area contributed by atoms with Crippen LogP contribution in [0.1, 0.15) is 27.4 Å². The van der Waals surface area contributed by atoms with Gasteiger partial charge in [-0.15, -0.1) is 0 Å². The molecule has 0 fully saturated rings. The summed E-state index contributed by atoms with van der Waals surface area (Å²) in [4.78, 5) is 24.7. The molecule has 0 saturated heterocycles. The van der Waals surface area contributed by atoms with Crippen molar-refractivity contribution in [2.24, 2.45) is 0 Å². The van der Waals surface area contributed by atoms with Gasteiger partial charge in [0.25, 0.3) is 5.91 Å². The number of aromatic nitrogens is 3. The number of anilines is 1. The molecule has 2 rings (SSSR count). The third-order valence-electron chi connectivity index (χ3n) is 3.08. The van der Waals surface area contributed by atoms with Crippen LogP contribution in [0.2, 0.25) is 0 Å². The summed E-state index contributed by atoms with van der Waals surface area (Å²) >= 11 is 0. The Morgan fingerprint density at radius 3 is 2.81 bits per heavy atom. The maximum atomic E-state index is 12.1. The van der Waals surface area contributed by atoms with Gasteiger partial charge in [-0.3, -0.25) is 9.78 Å². The second-order valence-electron chi connectivity index (χ2n) is 4.74. The third-order valence-corrected chi connectivity index (χ3v) is 3.08. The minimum atomic E-state index is -0.203. The number of carbonyl (C=O) groups excluding carboxylic acids is 1. The van der Waals surface area contributed by atoms with Crippen molar-refractivity contribution in [3.8, 4) is 0 Å². The molecule has 0 saturated carbocycles. The first-order valence-corrected chi connectivity index (χ1v) is 6.82. The zero-order valence-electron chi connectivity index (χ0n) is 12.5. The molecule has 0 aliphatic rings. The predicted octanol–water partition coefficient (Wildman–Crippen LogP) is 1.50. The van der Waals surface area contributed by atoms with Gasteiger partial charge < -0.3 is 10.6 Å². The Morgan fingerprint density at radius 1 is 1.29 bits per heavy atom. The van der Waals surface area contributed by atoms with Gasteiger partial charge in [-0.25, -0.2) is 9.97 Å². The summed E-state index contributed by atoms with van der Waals surface area (Å²) in [5.74, 6) is 0.242. The molecule has 2 aromatic heterocycles. The average Bonchev–Trinajstić information content (AvgIpc) is 2.48. The number of amides is 1. The normalized spacial score (nSPS) is 10.2. The summed E-state index contributed by atoms with van der Waals surface area (Å²) in [7, 11) is 1.72. The average molecular weight is 285 g/mol. The molecule has 2 aromatic rings. The number of rotatable bonds is 5. The fourth-order valence-electron chi connectivity index (χ4n) is 1.96. The molecule has 0 bridgehead atoms. The zero-order valence-corrected chi connectivity index (χ0v) is 12.5. The summed E-state index contributed by atoms with van der Waals surface area (Å²) in [6.07, 6.45) is 2.46. The highest BCUT2D eigenvalue weighted by Gasteiger charge is 2.10. The standard InChI is InChI=1S/C15H19N5O/c1-10-5-4-7-17-12(10)6-8-18-14(21)13-9-11(2)19-15(16-3)20-13/h4-5,7,9H,6,8H2,1-3H3,(H,18,21)(H,16,19,20). The second kappa shape index (κ2) is 6.78. The van der Waals surface area contributed by atoms with Crippen LogP contribution in [0.5, 0.6) is 0 Å². The van der Waals surface area contributed by atoms with Gasteiger partial charge in [0.2, 0.25) is 5.95 Å². The van der Waals surface area contributed by atoms with E-state index >= 15 is 0 Å². The first-order chi connectivity index (χ1) is 10.1. The molecule has 6 nitrogen and oxygen atoms in total. The quantitative estimate of drug-likeness (QED) is 0.870. The van der Waals surface area contributed by atoms with E-state index in [1.54, 1.807) is 19.3 Å². The van der Waals surface area contributed by atoms with Crippen LogP contribution in [0.4, 0.5) is 5.95 Å². The number of nitrogens with one attached hydrogen (secondary N) is 2. The number of nitrogens with zero attached hydrogens (tertiary/aromatic N) is 3.